The lowest BCUT2D eigenvalue weighted by Crippen LogP contribution is -2.29. The number of hydrogen-bond donors (Lipinski definition) is 2. The first-order valence-corrected chi connectivity index (χ1v) is 3.84. The molecule has 1 aliphatic rings. The van der Waals surface area contributed by atoms with Crippen molar-refractivity contribution < 1.29 is 9.53 Å². The van der Waals surface area contributed by atoms with Crippen LogP contribution in [0.4, 0.5) is 4.79 Å². The molecule has 1 aliphatic heterocycles. The third-order valence-corrected chi connectivity index (χ3v) is 1.87. The minimum Gasteiger partial charge on any atom is -0.448 e. The summed E-state index contributed by atoms with van der Waals surface area (Å²) < 4.78 is 4.65. The summed E-state index contributed by atoms with van der Waals surface area (Å²) in [6, 6.07) is 0.303. The minimum absolute atomic E-state index is 0.303. The van der Waals surface area contributed by atoms with E-state index in [1.54, 1.807) is 0 Å². The fourth-order valence-electron chi connectivity index (χ4n) is 1.33. The van der Waals surface area contributed by atoms with Crippen LogP contribution in [0.15, 0.2) is 0 Å². The Morgan fingerprint density at radius 2 is 2.55 bits per heavy atom. The van der Waals surface area contributed by atoms with Crippen LogP contribution in [0.2, 0.25) is 0 Å². The van der Waals surface area contributed by atoms with Gasteiger partial charge in [-0.15, -0.1) is 0 Å². The molecule has 1 heterocycles. The number of carbonyl (C=O) groups is 1. The van der Waals surface area contributed by atoms with Gasteiger partial charge in [-0.25, -0.2) is 4.79 Å². The van der Waals surface area contributed by atoms with Crippen LogP contribution < -0.4 is 11.1 Å². The van der Waals surface area contributed by atoms with Gasteiger partial charge < -0.3 is 15.8 Å². The van der Waals surface area contributed by atoms with E-state index in [0.29, 0.717) is 18.6 Å². The van der Waals surface area contributed by atoms with Crippen LogP contribution in [-0.4, -0.2) is 25.3 Å². The van der Waals surface area contributed by atoms with Gasteiger partial charge in [0.1, 0.15) is 6.61 Å². The summed E-state index contributed by atoms with van der Waals surface area (Å²) in [6.07, 6.45) is 0.374. The molecule has 1 rings (SSSR count). The number of nitrogens with two attached hydrogens (primary N) is 1. The Labute approximate surface area is 66.1 Å². The summed E-state index contributed by atoms with van der Waals surface area (Å²) in [4.78, 5) is 10.2. The molecule has 0 unspecified atom stereocenters. The van der Waals surface area contributed by atoms with E-state index < -0.39 is 6.09 Å². The van der Waals surface area contributed by atoms with Crippen molar-refractivity contribution in [2.45, 2.75) is 19.4 Å². The number of nitrogens with one attached hydrogen (secondary N) is 1. The molecule has 1 fully saturated rings. The highest BCUT2D eigenvalue weighted by molar-refractivity contribution is 5.64. The predicted octanol–water partition coefficient (Wildman–Crippen LogP) is 0.0797. The van der Waals surface area contributed by atoms with E-state index in [4.69, 9.17) is 5.73 Å². The highest BCUT2D eigenvalue weighted by Gasteiger charge is 2.20. The normalized spacial score (nSPS) is 30.3. The van der Waals surface area contributed by atoms with Crippen molar-refractivity contribution in [1.82, 2.24) is 5.32 Å². The molecule has 11 heavy (non-hydrogen) atoms. The maximum absolute atomic E-state index is 10.2. The van der Waals surface area contributed by atoms with E-state index >= 15 is 0 Å². The summed E-state index contributed by atoms with van der Waals surface area (Å²) in [5.74, 6) is 0.677. The molecule has 0 aromatic rings. The molecular formula is C7H14N2O2. The maximum Gasteiger partial charge on any atom is 0.404 e. The van der Waals surface area contributed by atoms with Crippen molar-refractivity contribution in [3.63, 3.8) is 0 Å². The topological polar surface area (TPSA) is 64.3 Å². The van der Waals surface area contributed by atoms with Gasteiger partial charge in [0.25, 0.3) is 0 Å². The van der Waals surface area contributed by atoms with Gasteiger partial charge in [-0.1, -0.05) is 6.92 Å². The van der Waals surface area contributed by atoms with Gasteiger partial charge in [0.15, 0.2) is 0 Å². The van der Waals surface area contributed by atoms with Crippen LogP contribution in [0.25, 0.3) is 0 Å². The lowest BCUT2D eigenvalue weighted by atomic mass is 10.1. The first-order valence-electron chi connectivity index (χ1n) is 3.84. The SMILES string of the molecule is C[C@H]1CN[C@H](COC(N)=O)C1. The average molecular weight is 158 g/mol. The molecule has 3 N–H and O–H groups in total. The van der Waals surface area contributed by atoms with E-state index in [-0.39, 0.29) is 0 Å². The summed E-state index contributed by atoms with van der Waals surface area (Å²) in [5.41, 5.74) is 4.82. The largest absolute Gasteiger partial charge is 0.448 e. The van der Waals surface area contributed by atoms with Crippen molar-refractivity contribution >= 4 is 6.09 Å². The number of amides is 1. The Morgan fingerprint density at radius 3 is 3.00 bits per heavy atom. The van der Waals surface area contributed by atoms with Crippen molar-refractivity contribution in [2.24, 2.45) is 11.7 Å². The van der Waals surface area contributed by atoms with Crippen LogP contribution in [-0.2, 0) is 4.74 Å². The summed E-state index contributed by atoms with van der Waals surface area (Å²) >= 11 is 0. The molecule has 0 aromatic heterocycles. The first kappa shape index (κ1) is 8.33. The van der Waals surface area contributed by atoms with Crippen LogP contribution in [0.3, 0.4) is 0 Å². The lowest BCUT2D eigenvalue weighted by Gasteiger charge is -2.08. The second kappa shape index (κ2) is 3.57. The fourth-order valence-corrected chi connectivity index (χ4v) is 1.33. The van der Waals surface area contributed by atoms with Crippen LogP contribution in [0, 0.1) is 5.92 Å². The quantitative estimate of drug-likeness (QED) is 0.598. The Hall–Kier alpha value is -0.770. The zero-order valence-electron chi connectivity index (χ0n) is 6.67. The van der Waals surface area contributed by atoms with Crippen molar-refractivity contribution in [3.8, 4) is 0 Å². The second-order valence-electron chi connectivity index (χ2n) is 3.08. The standard InChI is InChI=1S/C7H14N2O2/c1-5-2-6(9-3-5)4-11-7(8)10/h5-6,9H,2-4H2,1H3,(H2,8,10)/t5-,6+/m1/s1. The van der Waals surface area contributed by atoms with E-state index in [1.165, 1.54) is 0 Å². The zero-order chi connectivity index (χ0) is 8.27. The van der Waals surface area contributed by atoms with Gasteiger partial charge in [-0.05, 0) is 18.9 Å². The molecule has 4 heteroatoms. The number of hydrogen-bond acceptors (Lipinski definition) is 3. The Bertz CT molecular complexity index is 149. The molecule has 64 valence electrons. The van der Waals surface area contributed by atoms with Crippen molar-refractivity contribution in [3.05, 3.63) is 0 Å². The van der Waals surface area contributed by atoms with E-state index in [0.717, 1.165) is 13.0 Å². The van der Waals surface area contributed by atoms with Crippen molar-refractivity contribution in [2.75, 3.05) is 13.2 Å². The van der Waals surface area contributed by atoms with E-state index in [2.05, 4.69) is 17.0 Å². The fraction of sp³-hybridized carbons (Fsp3) is 0.857. The molecule has 1 saturated heterocycles. The third kappa shape index (κ3) is 2.76. The number of ether oxygens (including phenoxy) is 1. The summed E-state index contributed by atoms with van der Waals surface area (Å²) in [6.45, 7) is 3.57. The minimum atomic E-state index is -0.689. The average Bonchev–Trinajstić information content (AvgIpc) is 2.31. The lowest BCUT2D eigenvalue weighted by molar-refractivity contribution is 0.146. The number of primary amides is 1. The van der Waals surface area contributed by atoms with E-state index in [1.807, 2.05) is 0 Å². The van der Waals surface area contributed by atoms with Crippen LogP contribution >= 0.6 is 0 Å². The summed E-state index contributed by atoms with van der Waals surface area (Å²) in [5, 5.41) is 3.23. The molecule has 0 aliphatic carbocycles. The number of carbonyl (C=O) groups excluding carboxylic acids is 1. The molecule has 0 radical (unpaired) electrons. The highest BCUT2D eigenvalue weighted by Crippen LogP contribution is 2.12. The van der Waals surface area contributed by atoms with Gasteiger partial charge in [0, 0.05) is 6.04 Å². The maximum atomic E-state index is 10.2. The number of rotatable bonds is 2. The van der Waals surface area contributed by atoms with Crippen LogP contribution in [0.5, 0.6) is 0 Å². The molecule has 1 amide bonds. The smallest absolute Gasteiger partial charge is 0.404 e. The Balaban J connectivity index is 2.13. The first-order chi connectivity index (χ1) is 5.18. The molecule has 0 bridgehead atoms. The van der Waals surface area contributed by atoms with E-state index in [9.17, 15) is 4.79 Å². The van der Waals surface area contributed by atoms with Crippen LogP contribution in [0.1, 0.15) is 13.3 Å². The monoisotopic (exact) mass is 158 g/mol. The van der Waals surface area contributed by atoms with Gasteiger partial charge in [0.05, 0.1) is 0 Å². The molecule has 2 atom stereocenters. The second-order valence-corrected chi connectivity index (χ2v) is 3.08. The molecule has 0 saturated carbocycles. The molecular weight excluding hydrogens is 144 g/mol. The predicted molar refractivity (Wildman–Crippen MR) is 41.1 cm³/mol. The molecule has 0 spiro atoms. The zero-order valence-corrected chi connectivity index (χ0v) is 6.67. The van der Waals surface area contributed by atoms with Gasteiger partial charge in [-0.3, -0.25) is 0 Å². The van der Waals surface area contributed by atoms with Gasteiger partial charge in [0.2, 0.25) is 0 Å². The van der Waals surface area contributed by atoms with Crippen molar-refractivity contribution in [1.29, 1.82) is 0 Å². The third-order valence-electron chi connectivity index (χ3n) is 1.87. The molecule has 0 aromatic carbocycles. The van der Waals surface area contributed by atoms with Gasteiger partial charge >= 0.3 is 6.09 Å². The summed E-state index contributed by atoms with van der Waals surface area (Å²) in [7, 11) is 0. The Kier molecular flexibility index (Phi) is 2.70. The van der Waals surface area contributed by atoms with Gasteiger partial charge in [-0.2, -0.15) is 0 Å². The Morgan fingerprint density at radius 1 is 1.82 bits per heavy atom. The molecule has 4 nitrogen and oxygen atoms in total. The highest BCUT2D eigenvalue weighted by atomic mass is 16.5.